The number of imide groups is 1. The van der Waals surface area contributed by atoms with Crippen LogP contribution in [-0.2, 0) is 9.53 Å². The topological polar surface area (TPSA) is 98.5 Å². The van der Waals surface area contributed by atoms with Gasteiger partial charge in [-0.15, -0.1) is 0 Å². The van der Waals surface area contributed by atoms with Crippen molar-refractivity contribution in [3.8, 4) is 0 Å². The molecule has 19 heavy (non-hydrogen) atoms. The fraction of sp³-hybridized carbons (Fsp3) is 0.182. The molecule has 102 valence electrons. The lowest BCUT2D eigenvalue weighted by Gasteiger charge is -2.12. The van der Waals surface area contributed by atoms with E-state index in [1.54, 1.807) is 5.32 Å². The number of esters is 1. The van der Waals surface area contributed by atoms with Gasteiger partial charge in [0.15, 0.2) is 6.10 Å². The number of nitrogens with one attached hydrogen (secondary N) is 1. The largest absolute Gasteiger partial charge is 0.449 e. The summed E-state index contributed by atoms with van der Waals surface area (Å²) in [6, 6.07) is 2.02. The molecule has 0 aliphatic carbocycles. The predicted molar refractivity (Wildman–Crippen MR) is 64.0 cm³/mol. The Morgan fingerprint density at radius 2 is 2.05 bits per heavy atom. The van der Waals surface area contributed by atoms with Crippen LogP contribution in [-0.4, -0.2) is 24.0 Å². The molecule has 0 aromatic heterocycles. The molecule has 6 nitrogen and oxygen atoms in total. The Bertz CT molecular complexity index is 535. The van der Waals surface area contributed by atoms with Crippen LogP contribution < -0.4 is 11.1 Å². The lowest BCUT2D eigenvalue weighted by atomic mass is 10.2. The molecular weight excluding hydrogens is 279 g/mol. The average Bonchev–Trinajstić information content (AvgIpc) is 2.27. The Balaban J connectivity index is 2.74. The summed E-state index contributed by atoms with van der Waals surface area (Å²) in [5.41, 5.74) is 4.64. The Labute approximate surface area is 112 Å². The molecule has 3 amide bonds. The van der Waals surface area contributed by atoms with E-state index in [0.29, 0.717) is 0 Å². The molecular formula is C11H10ClFN2O4. The van der Waals surface area contributed by atoms with Gasteiger partial charge in [-0.05, 0) is 25.1 Å². The maximum absolute atomic E-state index is 12.8. The van der Waals surface area contributed by atoms with Gasteiger partial charge in [0.25, 0.3) is 5.91 Å². The number of rotatable bonds is 3. The minimum absolute atomic E-state index is 0.0956. The van der Waals surface area contributed by atoms with Gasteiger partial charge in [-0.25, -0.2) is 14.0 Å². The zero-order valence-corrected chi connectivity index (χ0v) is 10.5. The fourth-order valence-corrected chi connectivity index (χ4v) is 1.40. The van der Waals surface area contributed by atoms with E-state index in [9.17, 15) is 18.8 Å². The van der Waals surface area contributed by atoms with E-state index in [2.05, 4.69) is 0 Å². The first-order chi connectivity index (χ1) is 8.81. The third-order valence-corrected chi connectivity index (χ3v) is 2.36. The molecule has 3 N–H and O–H groups in total. The number of amides is 3. The smallest absolute Gasteiger partial charge is 0.340 e. The van der Waals surface area contributed by atoms with Gasteiger partial charge in [0, 0.05) is 0 Å². The molecule has 0 radical (unpaired) electrons. The summed E-state index contributed by atoms with van der Waals surface area (Å²) in [7, 11) is 0. The van der Waals surface area contributed by atoms with Gasteiger partial charge in [0.2, 0.25) is 0 Å². The van der Waals surface area contributed by atoms with Crippen LogP contribution in [0.2, 0.25) is 5.02 Å². The van der Waals surface area contributed by atoms with Crippen LogP contribution in [0.15, 0.2) is 18.2 Å². The molecule has 0 aliphatic rings. The first kappa shape index (κ1) is 14.9. The van der Waals surface area contributed by atoms with Gasteiger partial charge >= 0.3 is 12.0 Å². The number of benzene rings is 1. The minimum atomic E-state index is -1.25. The van der Waals surface area contributed by atoms with E-state index in [0.717, 1.165) is 18.2 Å². The Morgan fingerprint density at radius 1 is 1.42 bits per heavy atom. The lowest BCUT2D eigenvalue weighted by Crippen LogP contribution is -2.42. The van der Waals surface area contributed by atoms with Gasteiger partial charge < -0.3 is 10.5 Å². The third-order valence-electron chi connectivity index (χ3n) is 2.05. The van der Waals surface area contributed by atoms with Crippen molar-refractivity contribution in [1.29, 1.82) is 0 Å². The van der Waals surface area contributed by atoms with E-state index in [1.807, 2.05) is 0 Å². The first-order valence-corrected chi connectivity index (χ1v) is 5.45. The standard InChI is InChI=1S/C11H10ClFN2O4/c1-5(9(16)15-11(14)18)19-10(17)7-3-2-6(13)4-8(7)12/h2-5H,1H3,(H3,14,15,16,18). The highest BCUT2D eigenvalue weighted by molar-refractivity contribution is 6.33. The molecule has 1 rings (SSSR count). The molecule has 0 bridgehead atoms. The SMILES string of the molecule is CC(OC(=O)c1ccc(F)cc1Cl)C(=O)NC(N)=O. The quantitative estimate of drug-likeness (QED) is 0.817. The van der Waals surface area contributed by atoms with Crippen LogP contribution in [0.4, 0.5) is 9.18 Å². The highest BCUT2D eigenvalue weighted by Gasteiger charge is 2.21. The van der Waals surface area contributed by atoms with E-state index in [-0.39, 0.29) is 10.6 Å². The van der Waals surface area contributed by atoms with Crippen LogP contribution in [0, 0.1) is 5.82 Å². The molecule has 1 aromatic carbocycles. The summed E-state index contributed by atoms with van der Waals surface area (Å²) in [4.78, 5) is 33.4. The van der Waals surface area contributed by atoms with E-state index >= 15 is 0 Å². The number of ether oxygens (including phenoxy) is 1. The summed E-state index contributed by atoms with van der Waals surface area (Å²) in [5, 5.41) is 1.61. The molecule has 0 aliphatic heterocycles. The number of carbonyl (C=O) groups is 3. The number of carbonyl (C=O) groups excluding carboxylic acids is 3. The van der Waals surface area contributed by atoms with Gasteiger partial charge in [-0.3, -0.25) is 10.1 Å². The summed E-state index contributed by atoms with van der Waals surface area (Å²) in [5.74, 6) is -2.41. The van der Waals surface area contributed by atoms with Crippen LogP contribution in [0.1, 0.15) is 17.3 Å². The molecule has 8 heteroatoms. The van der Waals surface area contributed by atoms with Crippen molar-refractivity contribution in [2.24, 2.45) is 5.73 Å². The molecule has 0 saturated carbocycles. The number of nitrogens with two attached hydrogens (primary N) is 1. The van der Waals surface area contributed by atoms with E-state index in [4.69, 9.17) is 22.1 Å². The summed E-state index contributed by atoms with van der Waals surface area (Å²) < 4.78 is 17.5. The Kier molecular flexibility index (Phi) is 4.82. The number of urea groups is 1. The van der Waals surface area contributed by atoms with Crippen molar-refractivity contribution >= 4 is 29.5 Å². The van der Waals surface area contributed by atoms with Gasteiger partial charge in [0.05, 0.1) is 10.6 Å². The van der Waals surface area contributed by atoms with E-state index in [1.165, 1.54) is 6.92 Å². The van der Waals surface area contributed by atoms with Crippen molar-refractivity contribution in [2.45, 2.75) is 13.0 Å². The second kappa shape index (κ2) is 6.14. The fourth-order valence-electron chi connectivity index (χ4n) is 1.16. The van der Waals surface area contributed by atoms with Crippen molar-refractivity contribution in [3.05, 3.63) is 34.6 Å². The summed E-state index contributed by atoms with van der Waals surface area (Å²) in [6.45, 7) is 1.24. The third kappa shape index (κ3) is 4.22. The molecule has 1 atom stereocenters. The lowest BCUT2D eigenvalue weighted by molar-refractivity contribution is -0.127. The minimum Gasteiger partial charge on any atom is -0.449 e. The maximum Gasteiger partial charge on any atom is 0.340 e. The van der Waals surface area contributed by atoms with Gasteiger partial charge in [0.1, 0.15) is 5.82 Å². The summed E-state index contributed by atoms with van der Waals surface area (Å²) >= 11 is 5.66. The van der Waals surface area contributed by atoms with Crippen LogP contribution >= 0.6 is 11.6 Å². The highest BCUT2D eigenvalue weighted by atomic mass is 35.5. The average molecular weight is 289 g/mol. The maximum atomic E-state index is 12.8. The van der Waals surface area contributed by atoms with Crippen molar-refractivity contribution < 1.29 is 23.5 Å². The first-order valence-electron chi connectivity index (χ1n) is 5.07. The van der Waals surface area contributed by atoms with Gasteiger partial charge in [-0.1, -0.05) is 11.6 Å². The van der Waals surface area contributed by atoms with E-state index < -0.39 is 29.8 Å². The normalized spacial score (nSPS) is 11.5. The van der Waals surface area contributed by atoms with Crippen molar-refractivity contribution in [3.63, 3.8) is 0 Å². The monoisotopic (exact) mass is 288 g/mol. The molecule has 0 saturated heterocycles. The van der Waals surface area contributed by atoms with Crippen LogP contribution in [0.3, 0.4) is 0 Å². The zero-order chi connectivity index (χ0) is 14.6. The molecule has 0 fully saturated rings. The van der Waals surface area contributed by atoms with Gasteiger partial charge in [-0.2, -0.15) is 0 Å². The summed E-state index contributed by atoms with van der Waals surface area (Å²) in [6.07, 6.45) is -1.25. The Hall–Kier alpha value is -2.15. The zero-order valence-electron chi connectivity index (χ0n) is 9.78. The van der Waals surface area contributed by atoms with Crippen molar-refractivity contribution in [2.75, 3.05) is 0 Å². The number of primary amides is 1. The number of hydrogen-bond donors (Lipinski definition) is 2. The predicted octanol–water partition coefficient (Wildman–Crippen LogP) is 1.22. The molecule has 0 spiro atoms. The number of halogens is 2. The molecule has 1 aromatic rings. The van der Waals surface area contributed by atoms with Crippen LogP contribution in [0.5, 0.6) is 0 Å². The second-order valence-electron chi connectivity index (χ2n) is 3.53. The molecule has 0 heterocycles. The number of hydrogen-bond acceptors (Lipinski definition) is 4. The Morgan fingerprint density at radius 3 is 2.58 bits per heavy atom. The highest BCUT2D eigenvalue weighted by Crippen LogP contribution is 2.18. The van der Waals surface area contributed by atoms with Crippen LogP contribution in [0.25, 0.3) is 0 Å². The van der Waals surface area contributed by atoms with Crippen molar-refractivity contribution in [1.82, 2.24) is 5.32 Å². The molecule has 1 unspecified atom stereocenters. The second-order valence-corrected chi connectivity index (χ2v) is 3.93.